The molecule has 2 heterocycles. The molecule has 2 aromatic heterocycles. The molecule has 0 bridgehead atoms. The van der Waals surface area contributed by atoms with Gasteiger partial charge in [0.05, 0.1) is 16.3 Å². The SMILES string of the molecule is O=C(CN(C(=O)c1ccco1)C1CC1)N(CCc1c[nH]c2ccccc12)Cc1ccc(Cl)c(Cl)c1. The number of hydrogen-bond donors (Lipinski definition) is 1. The summed E-state index contributed by atoms with van der Waals surface area (Å²) in [6.45, 7) is 0.860. The first-order valence-electron chi connectivity index (χ1n) is 11.6. The van der Waals surface area contributed by atoms with Crippen LogP contribution in [0, 0.1) is 0 Å². The molecule has 180 valence electrons. The van der Waals surface area contributed by atoms with Crippen molar-refractivity contribution in [1.29, 1.82) is 0 Å². The van der Waals surface area contributed by atoms with Crippen LogP contribution in [0.1, 0.15) is 34.5 Å². The third kappa shape index (κ3) is 5.39. The minimum absolute atomic E-state index is 0.000589. The van der Waals surface area contributed by atoms with Crippen molar-refractivity contribution in [3.8, 4) is 0 Å². The molecular formula is C27H25Cl2N3O3. The molecule has 5 rings (SSSR count). The number of H-pyrrole nitrogens is 1. The molecule has 0 atom stereocenters. The Balaban J connectivity index is 1.36. The molecule has 0 spiro atoms. The molecule has 1 aliphatic carbocycles. The van der Waals surface area contributed by atoms with E-state index in [1.54, 1.807) is 34.1 Å². The van der Waals surface area contributed by atoms with Crippen molar-refractivity contribution in [2.24, 2.45) is 0 Å². The van der Waals surface area contributed by atoms with Crippen molar-refractivity contribution in [2.45, 2.75) is 31.8 Å². The Kier molecular flexibility index (Phi) is 6.84. The molecule has 0 radical (unpaired) electrons. The van der Waals surface area contributed by atoms with Crippen LogP contribution in [0.2, 0.25) is 10.0 Å². The van der Waals surface area contributed by atoms with Gasteiger partial charge in [-0.05, 0) is 60.7 Å². The van der Waals surface area contributed by atoms with Crippen molar-refractivity contribution >= 4 is 45.9 Å². The van der Waals surface area contributed by atoms with E-state index >= 15 is 0 Å². The summed E-state index contributed by atoms with van der Waals surface area (Å²) in [4.78, 5) is 33.3. The zero-order valence-corrected chi connectivity index (χ0v) is 20.6. The predicted molar refractivity (Wildman–Crippen MR) is 137 cm³/mol. The van der Waals surface area contributed by atoms with Crippen LogP contribution in [0.25, 0.3) is 10.9 Å². The number of fused-ring (bicyclic) bond motifs is 1. The molecule has 0 unspecified atom stereocenters. The van der Waals surface area contributed by atoms with Crippen LogP contribution in [0.4, 0.5) is 0 Å². The van der Waals surface area contributed by atoms with Gasteiger partial charge in [-0.2, -0.15) is 0 Å². The van der Waals surface area contributed by atoms with Gasteiger partial charge in [0, 0.05) is 36.2 Å². The summed E-state index contributed by atoms with van der Waals surface area (Å²) in [5.41, 5.74) is 3.08. The second-order valence-corrected chi connectivity index (χ2v) is 9.63. The molecule has 1 saturated carbocycles. The number of aromatic nitrogens is 1. The maximum atomic E-state index is 13.6. The molecule has 35 heavy (non-hydrogen) atoms. The van der Waals surface area contributed by atoms with E-state index in [2.05, 4.69) is 11.1 Å². The van der Waals surface area contributed by atoms with Gasteiger partial charge < -0.3 is 19.2 Å². The van der Waals surface area contributed by atoms with Gasteiger partial charge in [-0.3, -0.25) is 9.59 Å². The number of amides is 2. The van der Waals surface area contributed by atoms with E-state index in [1.165, 1.54) is 6.26 Å². The Labute approximate surface area is 213 Å². The van der Waals surface area contributed by atoms with Crippen LogP contribution in [-0.4, -0.2) is 45.7 Å². The number of para-hydroxylation sites is 1. The molecule has 0 aliphatic heterocycles. The maximum Gasteiger partial charge on any atom is 0.290 e. The van der Waals surface area contributed by atoms with Gasteiger partial charge in [-0.25, -0.2) is 0 Å². The van der Waals surface area contributed by atoms with Gasteiger partial charge >= 0.3 is 0 Å². The Morgan fingerprint density at radius 1 is 1.03 bits per heavy atom. The first kappa shape index (κ1) is 23.5. The number of carbonyl (C=O) groups is 2. The largest absolute Gasteiger partial charge is 0.459 e. The third-order valence-electron chi connectivity index (χ3n) is 6.32. The summed E-state index contributed by atoms with van der Waals surface area (Å²) in [5, 5.41) is 2.05. The van der Waals surface area contributed by atoms with E-state index in [0.29, 0.717) is 29.6 Å². The summed E-state index contributed by atoms with van der Waals surface area (Å²) < 4.78 is 5.31. The van der Waals surface area contributed by atoms with Crippen molar-refractivity contribution in [3.05, 3.63) is 94.0 Å². The first-order valence-corrected chi connectivity index (χ1v) is 12.4. The predicted octanol–water partition coefficient (Wildman–Crippen LogP) is 5.94. The Morgan fingerprint density at radius 3 is 2.60 bits per heavy atom. The summed E-state index contributed by atoms with van der Waals surface area (Å²) in [7, 11) is 0. The Morgan fingerprint density at radius 2 is 1.86 bits per heavy atom. The number of carbonyl (C=O) groups excluding carboxylic acids is 2. The summed E-state index contributed by atoms with van der Waals surface area (Å²) >= 11 is 12.3. The fourth-order valence-electron chi connectivity index (χ4n) is 4.28. The van der Waals surface area contributed by atoms with Crippen molar-refractivity contribution < 1.29 is 14.0 Å². The second-order valence-electron chi connectivity index (χ2n) is 8.81. The van der Waals surface area contributed by atoms with Gasteiger partial charge in [0.25, 0.3) is 5.91 Å². The fourth-order valence-corrected chi connectivity index (χ4v) is 4.61. The normalized spacial score (nSPS) is 13.2. The molecule has 6 nitrogen and oxygen atoms in total. The van der Waals surface area contributed by atoms with Crippen LogP contribution < -0.4 is 0 Å². The number of nitrogens with one attached hydrogen (secondary N) is 1. The number of aromatic amines is 1. The van der Waals surface area contributed by atoms with E-state index in [4.69, 9.17) is 27.6 Å². The maximum absolute atomic E-state index is 13.6. The molecule has 0 saturated heterocycles. The molecule has 8 heteroatoms. The van der Waals surface area contributed by atoms with Gasteiger partial charge in [0.15, 0.2) is 5.76 Å². The Hall–Kier alpha value is -3.22. The lowest BCUT2D eigenvalue weighted by atomic mass is 10.1. The van der Waals surface area contributed by atoms with E-state index in [-0.39, 0.29) is 30.2 Å². The van der Waals surface area contributed by atoms with Crippen molar-refractivity contribution in [1.82, 2.24) is 14.8 Å². The van der Waals surface area contributed by atoms with Crippen LogP contribution in [-0.2, 0) is 17.8 Å². The van der Waals surface area contributed by atoms with Crippen LogP contribution in [0.3, 0.4) is 0 Å². The summed E-state index contributed by atoms with van der Waals surface area (Å²) in [6.07, 6.45) is 5.91. The van der Waals surface area contributed by atoms with Gasteiger partial charge in [-0.15, -0.1) is 0 Å². The smallest absolute Gasteiger partial charge is 0.290 e. The van der Waals surface area contributed by atoms with E-state index in [0.717, 1.165) is 34.9 Å². The van der Waals surface area contributed by atoms with E-state index in [9.17, 15) is 9.59 Å². The minimum Gasteiger partial charge on any atom is -0.459 e. The Bertz CT molecular complexity index is 1340. The summed E-state index contributed by atoms with van der Waals surface area (Å²) in [5.74, 6) is -0.126. The van der Waals surface area contributed by atoms with Crippen LogP contribution in [0.15, 0.2) is 71.5 Å². The fraction of sp³-hybridized carbons (Fsp3) is 0.259. The quantitative estimate of drug-likeness (QED) is 0.303. The molecule has 2 amide bonds. The zero-order chi connectivity index (χ0) is 24.4. The highest BCUT2D eigenvalue weighted by molar-refractivity contribution is 6.42. The van der Waals surface area contributed by atoms with Crippen molar-refractivity contribution in [3.63, 3.8) is 0 Å². The summed E-state index contributed by atoms with van der Waals surface area (Å²) in [6, 6.07) is 16.9. The van der Waals surface area contributed by atoms with Crippen LogP contribution in [0.5, 0.6) is 0 Å². The highest BCUT2D eigenvalue weighted by Gasteiger charge is 2.36. The van der Waals surface area contributed by atoms with Crippen LogP contribution >= 0.6 is 23.2 Å². The average molecular weight is 510 g/mol. The number of benzene rings is 2. The molecule has 1 N–H and O–H groups in total. The highest BCUT2D eigenvalue weighted by atomic mass is 35.5. The molecule has 2 aromatic carbocycles. The number of nitrogens with zero attached hydrogens (tertiary/aromatic N) is 2. The van der Waals surface area contributed by atoms with E-state index < -0.39 is 0 Å². The average Bonchev–Trinajstić information content (AvgIpc) is 3.38. The van der Waals surface area contributed by atoms with E-state index in [1.807, 2.05) is 30.5 Å². The molecular weight excluding hydrogens is 485 g/mol. The minimum atomic E-state index is -0.253. The molecule has 4 aromatic rings. The lowest BCUT2D eigenvalue weighted by Gasteiger charge is -2.27. The number of rotatable bonds is 9. The molecule has 1 fully saturated rings. The topological polar surface area (TPSA) is 69.6 Å². The van der Waals surface area contributed by atoms with Gasteiger partial charge in [0.2, 0.25) is 5.91 Å². The monoisotopic (exact) mass is 509 g/mol. The van der Waals surface area contributed by atoms with Crippen molar-refractivity contribution in [2.75, 3.05) is 13.1 Å². The lowest BCUT2D eigenvalue weighted by molar-refractivity contribution is -0.132. The first-order chi connectivity index (χ1) is 17.0. The zero-order valence-electron chi connectivity index (χ0n) is 19.0. The second kappa shape index (κ2) is 10.2. The van der Waals surface area contributed by atoms with Gasteiger partial charge in [0.1, 0.15) is 6.54 Å². The third-order valence-corrected chi connectivity index (χ3v) is 7.06. The number of hydrogen-bond acceptors (Lipinski definition) is 3. The number of furan rings is 1. The highest BCUT2D eigenvalue weighted by Crippen LogP contribution is 2.29. The lowest BCUT2D eigenvalue weighted by Crippen LogP contribution is -2.44. The molecule has 1 aliphatic rings. The van der Waals surface area contributed by atoms with Gasteiger partial charge in [-0.1, -0.05) is 47.5 Å². The number of halogens is 2. The standard InChI is InChI=1S/C27H25Cl2N3O3/c28-22-10-7-18(14-23(22)29)16-31(12-11-19-15-30-24-5-2-1-4-21(19)24)26(33)17-32(20-8-9-20)27(34)25-6-3-13-35-25/h1-7,10,13-15,20,30H,8-9,11-12,16-17H2.